The summed E-state index contributed by atoms with van der Waals surface area (Å²) < 4.78 is 0. The first-order chi connectivity index (χ1) is 13.1. The second kappa shape index (κ2) is 9.25. The van der Waals surface area contributed by atoms with E-state index in [4.69, 9.17) is 5.21 Å². The van der Waals surface area contributed by atoms with Gasteiger partial charge in [0.15, 0.2) is 0 Å². The number of anilines is 1. The van der Waals surface area contributed by atoms with Gasteiger partial charge < -0.3 is 5.32 Å². The van der Waals surface area contributed by atoms with Gasteiger partial charge in [-0.2, -0.15) is 0 Å². The van der Waals surface area contributed by atoms with Crippen molar-refractivity contribution in [3.63, 3.8) is 0 Å². The molecular weight excluding hydrogens is 342 g/mol. The second-order valence-electron chi connectivity index (χ2n) is 6.84. The Balaban J connectivity index is 1.53. The van der Waals surface area contributed by atoms with Gasteiger partial charge in [0.05, 0.1) is 18.1 Å². The molecule has 0 unspecified atom stereocenters. The van der Waals surface area contributed by atoms with Crippen LogP contribution < -0.4 is 10.8 Å². The molecule has 1 fully saturated rings. The Morgan fingerprint density at radius 2 is 2.11 bits per heavy atom. The van der Waals surface area contributed by atoms with Gasteiger partial charge in [0.2, 0.25) is 0 Å². The number of likely N-dealkylation sites (tertiary alicyclic amines) is 1. The molecule has 7 nitrogen and oxygen atoms in total. The maximum atomic E-state index is 11.0. The number of aromatic nitrogens is 2. The van der Waals surface area contributed by atoms with Gasteiger partial charge in [-0.1, -0.05) is 29.8 Å². The quantitative estimate of drug-likeness (QED) is 0.413. The van der Waals surface area contributed by atoms with E-state index in [1.165, 1.54) is 28.8 Å². The van der Waals surface area contributed by atoms with Crippen LogP contribution in [0.1, 0.15) is 29.7 Å². The van der Waals surface area contributed by atoms with Crippen LogP contribution in [0.2, 0.25) is 0 Å². The van der Waals surface area contributed by atoms with Crippen LogP contribution in [0.25, 0.3) is 6.08 Å². The molecule has 142 valence electrons. The minimum atomic E-state index is -0.602. The highest BCUT2D eigenvalue weighted by Crippen LogP contribution is 2.17. The van der Waals surface area contributed by atoms with Crippen LogP contribution in [0.15, 0.2) is 42.7 Å². The van der Waals surface area contributed by atoms with Crippen molar-refractivity contribution in [1.82, 2.24) is 20.3 Å². The van der Waals surface area contributed by atoms with E-state index in [9.17, 15) is 4.79 Å². The van der Waals surface area contributed by atoms with Gasteiger partial charge in [-0.3, -0.25) is 19.9 Å². The molecule has 0 aliphatic carbocycles. The summed E-state index contributed by atoms with van der Waals surface area (Å²) in [6.45, 7) is 5.14. The maximum absolute atomic E-state index is 11.0. The average Bonchev–Trinajstić information content (AvgIpc) is 2.69. The average molecular weight is 367 g/mol. The van der Waals surface area contributed by atoms with E-state index in [1.54, 1.807) is 12.4 Å². The Morgan fingerprint density at radius 3 is 2.81 bits per heavy atom. The van der Waals surface area contributed by atoms with Gasteiger partial charge in [0, 0.05) is 25.2 Å². The molecule has 1 saturated heterocycles. The molecule has 3 N–H and O–H groups in total. The van der Waals surface area contributed by atoms with Crippen LogP contribution in [-0.4, -0.2) is 45.1 Å². The van der Waals surface area contributed by atoms with Crippen LogP contribution in [0.5, 0.6) is 0 Å². The Hall–Kier alpha value is -2.77. The standard InChI is InChI=1S/C20H25N5O2/c1-15-4-6-16(7-5-15)13-25-10-2-3-18(14-25)23-19-12-21-17(11-22-19)8-9-20(26)24-27/h4-9,11-12,18,27H,2-3,10,13-14H2,1H3,(H,22,23)(H,24,26)/t18-/m1/s1. The molecule has 0 radical (unpaired) electrons. The molecule has 1 aliphatic rings. The molecule has 0 spiro atoms. The number of hydrogen-bond acceptors (Lipinski definition) is 6. The molecule has 1 amide bonds. The first kappa shape index (κ1) is 19.0. The second-order valence-corrected chi connectivity index (χ2v) is 6.84. The normalized spacial score (nSPS) is 17.8. The van der Waals surface area contributed by atoms with Gasteiger partial charge >= 0.3 is 0 Å². The number of hydroxylamine groups is 1. The van der Waals surface area contributed by atoms with Gasteiger partial charge in [-0.15, -0.1) is 0 Å². The van der Waals surface area contributed by atoms with Crippen LogP contribution in [0.3, 0.4) is 0 Å². The Labute approximate surface area is 159 Å². The summed E-state index contributed by atoms with van der Waals surface area (Å²) in [6, 6.07) is 9.04. The highest BCUT2D eigenvalue weighted by molar-refractivity contribution is 5.90. The lowest BCUT2D eigenvalue weighted by atomic mass is 10.0. The predicted octanol–water partition coefficient (Wildman–Crippen LogP) is 2.38. The van der Waals surface area contributed by atoms with Gasteiger partial charge in [0.1, 0.15) is 5.82 Å². The van der Waals surface area contributed by atoms with Crippen LogP contribution in [0, 0.1) is 6.92 Å². The number of carbonyl (C=O) groups is 1. The number of piperidine rings is 1. The summed E-state index contributed by atoms with van der Waals surface area (Å²) in [5.74, 6) is 0.121. The molecule has 2 aromatic rings. The predicted molar refractivity (Wildman–Crippen MR) is 104 cm³/mol. The number of carbonyl (C=O) groups excluding carboxylic acids is 1. The lowest BCUT2D eigenvalue weighted by molar-refractivity contribution is -0.124. The fraction of sp³-hybridized carbons (Fsp3) is 0.350. The summed E-state index contributed by atoms with van der Waals surface area (Å²) in [5.41, 5.74) is 4.70. The third kappa shape index (κ3) is 5.87. The van der Waals surface area contributed by atoms with E-state index < -0.39 is 5.91 Å². The molecule has 1 aromatic carbocycles. The zero-order valence-corrected chi connectivity index (χ0v) is 15.4. The van der Waals surface area contributed by atoms with Crippen molar-refractivity contribution in [2.24, 2.45) is 0 Å². The first-order valence-corrected chi connectivity index (χ1v) is 9.11. The third-order valence-corrected chi connectivity index (χ3v) is 4.57. The highest BCUT2D eigenvalue weighted by Gasteiger charge is 2.20. The Morgan fingerprint density at radius 1 is 1.30 bits per heavy atom. The molecule has 0 saturated carbocycles. The summed E-state index contributed by atoms with van der Waals surface area (Å²) in [6.07, 6.45) is 8.19. The lowest BCUT2D eigenvalue weighted by Crippen LogP contribution is -2.41. The number of nitrogens with zero attached hydrogens (tertiary/aromatic N) is 3. The minimum absolute atomic E-state index is 0.333. The molecule has 1 aromatic heterocycles. The van der Waals surface area contributed by atoms with E-state index in [1.807, 2.05) is 0 Å². The molecule has 1 atom stereocenters. The fourth-order valence-electron chi connectivity index (χ4n) is 3.17. The number of amides is 1. The number of rotatable bonds is 6. The SMILES string of the molecule is Cc1ccc(CN2CCC[C@@H](Nc3cnc(C=CC(=O)NO)cn3)C2)cc1. The molecular formula is C20H25N5O2. The van der Waals surface area contributed by atoms with Crippen molar-refractivity contribution in [3.8, 4) is 0 Å². The monoisotopic (exact) mass is 367 g/mol. The van der Waals surface area contributed by atoms with E-state index in [2.05, 4.69) is 51.4 Å². The third-order valence-electron chi connectivity index (χ3n) is 4.57. The smallest absolute Gasteiger partial charge is 0.267 e. The van der Waals surface area contributed by atoms with E-state index >= 15 is 0 Å². The largest absolute Gasteiger partial charge is 0.365 e. The molecule has 3 rings (SSSR count). The van der Waals surface area contributed by atoms with Gasteiger partial charge in [0.25, 0.3) is 5.91 Å². The summed E-state index contributed by atoms with van der Waals surface area (Å²) in [7, 11) is 0. The summed E-state index contributed by atoms with van der Waals surface area (Å²) in [5, 5.41) is 11.9. The molecule has 7 heteroatoms. The van der Waals surface area contributed by atoms with Crippen molar-refractivity contribution in [3.05, 3.63) is 59.6 Å². The van der Waals surface area contributed by atoms with Crippen molar-refractivity contribution in [1.29, 1.82) is 0 Å². The minimum Gasteiger partial charge on any atom is -0.365 e. The van der Waals surface area contributed by atoms with Gasteiger partial charge in [-0.25, -0.2) is 10.5 Å². The summed E-state index contributed by atoms with van der Waals surface area (Å²) >= 11 is 0. The Kier molecular flexibility index (Phi) is 6.51. The van der Waals surface area contributed by atoms with Crippen molar-refractivity contribution in [2.75, 3.05) is 18.4 Å². The number of benzene rings is 1. The van der Waals surface area contributed by atoms with E-state index in [-0.39, 0.29) is 0 Å². The first-order valence-electron chi connectivity index (χ1n) is 9.11. The molecule has 2 heterocycles. The molecule has 1 aliphatic heterocycles. The molecule has 27 heavy (non-hydrogen) atoms. The topological polar surface area (TPSA) is 90.4 Å². The van der Waals surface area contributed by atoms with Gasteiger partial charge in [-0.05, 0) is 37.9 Å². The lowest BCUT2D eigenvalue weighted by Gasteiger charge is -2.33. The Bertz CT molecular complexity index is 774. The van der Waals surface area contributed by atoms with E-state index in [0.717, 1.165) is 38.3 Å². The van der Waals surface area contributed by atoms with Crippen LogP contribution in [-0.2, 0) is 11.3 Å². The van der Waals surface area contributed by atoms with Crippen molar-refractivity contribution < 1.29 is 10.0 Å². The number of hydrogen-bond donors (Lipinski definition) is 3. The van der Waals surface area contributed by atoms with Crippen LogP contribution in [0.4, 0.5) is 5.82 Å². The zero-order valence-electron chi connectivity index (χ0n) is 15.4. The number of aryl methyl sites for hydroxylation is 1. The van der Waals surface area contributed by atoms with E-state index in [0.29, 0.717) is 11.7 Å². The molecule has 0 bridgehead atoms. The number of nitrogens with one attached hydrogen (secondary N) is 2. The highest BCUT2D eigenvalue weighted by atomic mass is 16.5. The zero-order chi connectivity index (χ0) is 19.1. The van der Waals surface area contributed by atoms with Crippen LogP contribution >= 0.6 is 0 Å². The van der Waals surface area contributed by atoms with Crippen molar-refractivity contribution >= 4 is 17.8 Å². The summed E-state index contributed by atoms with van der Waals surface area (Å²) in [4.78, 5) is 22.1. The maximum Gasteiger partial charge on any atom is 0.267 e. The fourth-order valence-corrected chi connectivity index (χ4v) is 3.17. The van der Waals surface area contributed by atoms with Crippen molar-refractivity contribution in [2.45, 2.75) is 32.4 Å².